The molecule has 0 aliphatic heterocycles. The highest BCUT2D eigenvalue weighted by Gasteiger charge is 2.30. The van der Waals surface area contributed by atoms with Gasteiger partial charge in [0.1, 0.15) is 11.9 Å². The third kappa shape index (κ3) is 6.14. The van der Waals surface area contributed by atoms with Gasteiger partial charge in [-0.05, 0) is 31.2 Å². The average molecular weight is 301 g/mol. The molecule has 1 unspecified atom stereocenters. The summed E-state index contributed by atoms with van der Waals surface area (Å²) in [6.07, 6.45) is -9.35. The van der Waals surface area contributed by atoms with E-state index >= 15 is 0 Å². The second kappa shape index (κ2) is 6.34. The Bertz CT molecular complexity index is 411. The smallest absolute Gasteiger partial charge is 0.416 e. The average Bonchev–Trinajstić information content (AvgIpc) is 2.26. The summed E-state index contributed by atoms with van der Waals surface area (Å²) in [7, 11) is 0. The summed E-state index contributed by atoms with van der Waals surface area (Å²) >= 11 is 0. The molecular weight excluding hydrogens is 288 g/mol. The molecule has 0 saturated carbocycles. The molecule has 0 heterocycles. The maximum atomic E-state index is 12.3. The predicted octanol–water partition coefficient (Wildman–Crippen LogP) is 3.62. The first-order valence-electron chi connectivity index (χ1n) is 5.69. The van der Waals surface area contributed by atoms with Crippen LogP contribution in [0.3, 0.4) is 0 Å². The van der Waals surface area contributed by atoms with Gasteiger partial charge in [-0.25, -0.2) is 0 Å². The molecule has 1 atom stereocenters. The van der Waals surface area contributed by atoms with E-state index in [1.54, 1.807) is 0 Å². The standard InChI is InChI=1S/C12H13F6NO/c1-8(6-19-7-11(13,14)15)20-10-4-2-9(3-5-10)12(16,17)18/h2-5,8,19H,6-7H2,1H3. The number of hydrogen-bond acceptors (Lipinski definition) is 2. The summed E-state index contributed by atoms with van der Waals surface area (Å²) in [5.74, 6) is 0.166. The lowest BCUT2D eigenvalue weighted by atomic mass is 10.2. The lowest BCUT2D eigenvalue weighted by molar-refractivity contribution is -0.137. The summed E-state index contributed by atoms with van der Waals surface area (Å²) in [5, 5.41) is 2.15. The van der Waals surface area contributed by atoms with Gasteiger partial charge in [-0.3, -0.25) is 0 Å². The minimum Gasteiger partial charge on any atom is -0.489 e. The first kappa shape index (κ1) is 16.6. The van der Waals surface area contributed by atoms with Gasteiger partial charge in [-0.1, -0.05) is 0 Å². The highest BCUT2D eigenvalue weighted by atomic mass is 19.4. The molecule has 8 heteroatoms. The van der Waals surface area contributed by atoms with E-state index in [0.29, 0.717) is 0 Å². The third-order valence-electron chi connectivity index (χ3n) is 2.28. The van der Waals surface area contributed by atoms with Gasteiger partial charge in [0.25, 0.3) is 0 Å². The quantitative estimate of drug-likeness (QED) is 0.839. The number of nitrogens with one attached hydrogen (secondary N) is 1. The fraction of sp³-hybridized carbons (Fsp3) is 0.500. The van der Waals surface area contributed by atoms with Crippen molar-refractivity contribution in [1.82, 2.24) is 5.32 Å². The van der Waals surface area contributed by atoms with E-state index in [4.69, 9.17) is 4.74 Å². The van der Waals surface area contributed by atoms with Crippen LogP contribution >= 0.6 is 0 Å². The van der Waals surface area contributed by atoms with E-state index in [0.717, 1.165) is 24.3 Å². The molecule has 20 heavy (non-hydrogen) atoms. The van der Waals surface area contributed by atoms with Crippen molar-refractivity contribution < 1.29 is 31.1 Å². The van der Waals surface area contributed by atoms with Crippen LogP contribution < -0.4 is 10.1 Å². The van der Waals surface area contributed by atoms with Gasteiger partial charge >= 0.3 is 12.4 Å². The van der Waals surface area contributed by atoms with Gasteiger partial charge in [0.05, 0.1) is 12.1 Å². The van der Waals surface area contributed by atoms with Crippen LogP contribution in [0.2, 0.25) is 0 Å². The van der Waals surface area contributed by atoms with Gasteiger partial charge in [0.15, 0.2) is 0 Å². The lowest BCUT2D eigenvalue weighted by Crippen LogP contribution is -2.35. The van der Waals surface area contributed by atoms with Crippen molar-refractivity contribution in [1.29, 1.82) is 0 Å². The van der Waals surface area contributed by atoms with Crippen LogP contribution in [0.5, 0.6) is 5.75 Å². The minimum atomic E-state index is -4.43. The Hall–Kier alpha value is -1.44. The second-order valence-corrected chi connectivity index (χ2v) is 4.20. The summed E-state index contributed by atoms with van der Waals surface area (Å²) in [6, 6.07) is 3.96. The first-order chi connectivity index (χ1) is 9.08. The topological polar surface area (TPSA) is 21.3 Å². The van der Waals surface area contributed by atoms with E-state index < -0.39 is 30.6 Å². The molecule has 0 amide bonds. The SMILES string of the molecule is CC(CNCC(F)(F)F)Oc1ccc(C(F)(F)F)cc1. The fourth-order valence-corrected chi connectivity index (χ4v) is 1.41. The molecule has 0 bridgehead atoms. The minimum absolute atomic E-state index is 0.0689. The molecule has 1 N–H and O–H groups in total. The molecule has 0 aromatic heterocycles. The van der Waals surface area contributed by atoms with Gasteiger partial charge in [0.2, 0.25) is 0 Å². The molecule has 0 fully saturated rings. The number of hydrogen-bond donors (Lipinski definition) is 1. The van der Waals surface area contributed by atoms with Crippen molar-refractivity contribution in [3.8, 4) is 5.75 Å². The van der Waals surface area contributed by atoms with E-state index in [-0.39, 0.29) is 12.3 Å². The Morgan fingerprint density at radius 2 is 1.60 bits per heavy atom. The zero-order chi connectivity index (χ0) is 15.4. The Kier molecular flexibility index (Phi) is 5.27. The monoisotopic (exact) mass is 301 g/mol. The highest BCUT2D eigenvalue weighted by molar-refractivity contribution is 5.29. The molecule has 114 valence electrons. The number of alkyl halides is 6. The largest absolute Gasteiger partial charge is 0.489 e. The molecule has 0 aliphatic rings. The van der Waals surface area contributed by atoms with Crippen molar-refractivity contribution in [3.63, 3.8) is 0 Å². The summed E-state index contributed by atoms with van der Waals surface area (Å²) in [5.41, 5.74) is -0.812. The zero-order valence-corrected chi connectivity index (χ0v) is 10.5. The predicted molar refractivity (Wildman–Crippen MR) is 60.5 cm³/mol. The van der Waals surface area contributed by atoms with E-state index in [1.807, 2.05) is 0 Å². The van der Waals surface area contributed by atoms with Crippen LogP contribution in [0, 0.1) is 0 Å². The van der Waals surface area contributed by atoms with Gasteiger partial charge in [-0.15, -0.1) is 0 Å². The molecule has 1 aromatic rings. The zero-order valence-electron chi connectivity index (χ0n) is 10.5. The maximum absolute atomic E-state index is 12.3. The second-order valence-electron chi connectivity index (χ2n) is 4.20. The van der Waals surface area contributed by atoms with Crippen molar-refractivity contribution in [2.75, 3.05) is 13.1 Å². The van der Waals surface area contributed by atoms with Gasteiger partial charge in [0, 0.05) is 6.54 Å². The Morgan fingerprint density at radius 1 is 1.05 bits per heavy atom. The summed E-state index contributed by atoms with van der Waals surface area (Å²) < 4.78 is 77.7. The molecule has 2 nitrogen and oxygen atoms in total. The fourth-order valence-electron chi connectivity index (χ4n) is 1.41. The Balaban J connectivity index is 2.44. The Morgan fingerprint density at radius 3 is 2.05 bits per heavy atom. The third-order valence-corrected chi connectivity index (χ3v) is 2.28. The molecule has 0 aliphatic carbocycles. The van der Waals surface area contributed by atoms with Crippen molar-refractivity contribution >= 4 is 0 Å². The van der Waals surface area contributed by atoms with Crippen LogP contribution in [0.1, 0.15) is 12.5 Å². The van der Waals surface area contributed by atoms with Crippen molar-refractivity contribution in [2.45, 2.75) is 25.4 Å². The highest BCUT2D eigenvalue weighted by Crippen LogP contribution is 2.30. The molecular formula is C12H13F6NO. The van der Waals surface area contributed by atoms with Gasteiger partial charge in [-0.2, -0.15) is 26.3 Å². The molecule has 1 rings (SSSR count). The van der Waals surface area contributed by atoms with Crippen LogP contribution in [0.25, 0.3) is 0 Å². The van der Waals surface area contributed by atoms with E-state index in [1.165, 1.54) is 6.92 Å². The Labute approximate surface area is 111 Å². The molecule has 0 saturated heterocycles. The maximum Gasteiger partial charge on any atom is 0.416 e. The van der Waals surface area contributed by atoms with E-state index in [9.17, 15) is 26.3 Å². The van der Waals surface area contributed by atoms with Crippen LogP contribution in [-0.2, 0) is 6.18 Å². The molecule has 0 radical (unpaired) electrons. The van der Waals surface area contributed by atoms with Gasteiger partial charge < -0.3 is 10.1 Å². The van der Waals surface area contributed by atoms with Crippen molar-refractivity contribution in [3.05, 3.63) is 29.8 Å². The summed E-state index contributed by atoms with van der Waals surface area (Å²) in [4.78, 5) is 0. The number of halogens is 6. The van der Waals surface area contributed by atoms with Crippen LogP contribution in [-0.4, -0.2) is 25.4 Å². The number of ether oxygens (including phenoxy) is 1. The van der Waals surface area contributed by atoms with Crippen LogP contribution in [0.4, 0.5) is 26.3 Å². The van der Waals surface area contributed by atoms with E-state index in [2.05, 4.69) is 5.32 Å². The van der Waals surface area contributed by atoms with Crippen molar-refractivity contribution in [2.24, 2.45) is 0 Å². The van der Waals surface area contributed by atoms with Crippen LogP contribution in [0.15, 0.2) is 24.3 Å². The normalized spacial score (nSPS) is 14.2. The number of benzene rings is 1. The lowest BCUT2D eigenvalue weighted by Gasteiger charge is -2.16. The molecule has 0 spiro atoms. The summed E-state index contributed by atoms with van der Waals surface area (Å²) in [6.45, 7) is 0.301. The first-order valence-corrected chi connectivity index (χ1v) is 5.69. The molecule has 1 aromatic carbocycles. The number of rotatable bonds is 5.